The van der Waals surface area contributed by atoms with Crippen LogP contribution in [0.3, 0.4) is 0 Å². The summed E-state index contributed by atoms with van der Waals surface area (Å²) >= 11 is 8.21. The van der Waals surface area contributed by atoms with Crippen LogP contribution in [0.1, 0.15) is 0 Å². The van der Waals surface area contributed by atoms with Gasteiger partial charge in [0.15, 0.2) is 5.82 Å². The third-order valence-electron chi connectivity index (χ3n) is 4.37. The summed E-state index contributed by atoms with van der Waals surface area (Å²) in [6, 6.07) is 26.3. The summed E-state index contributed by atoms with van der Waals surface area (Å²) in [5.41, 5.74) is 3.95. The van der Waals surface area contributed by atoms with Gasteiger partial charge in [0.25, 0.3) is 0 Å². The lowest BCUT2D eigenvalue weighted by molar-refractivity contribution is 1.24. The molecule has 0 radical (unpaired) electrons. The van der Waals surface area contributed by atoms with Crippen LogP contribution in [-0.2, 0) is 0 Å². The normalized spacial score (nSPS) is 11.3. The quantitative estimate of drug-likeness (QED) is 0.339. The Morgan fingerprint density at radius 3 is 2.12 bits per heavy atom. The molecular formula is C22H13ClN2S. The lowest BCUT2D eigenvalue weighted by Crippen LogP contribution is -1.93. The van der Waals surface area contributed by atoms with Crippen molar-refractivity contribution in [1.82, 2.24) is 9.97 Å². The van der Waals surface area contributed by atoms with Crippen molar-refractivity contribution < 1.29 is 0 Å². The number of hydrogen-bond acceptors (Lipinski definition) is 3. The van der Waals surface area contributed by atoms with Gasteiger partial charge >= 0.3 is 0 Å². The van der Waals surface area contributed by atoms with Gasteiger partial charge in [0, 0.05) is 21.2 Å². The van der Waals surface area contributed by atoms with Gasteiger partial charge in [-0.15, -0.1) is 11.3 Å². The van der Waals surface area contributed by atoms with Crippen molar-refractivity contribution in [3.05, 3.63) is 83.9 Å². The van der Waals surface area contributed by atoms with E-state index >= 15 is 0 Å². The summed E-state index contributed by atoms with van der Waals surface area (Å²) in [7, 11) is 0. The number of benzene rings is 3. The Morgan fingerprint density at radius 1 is 0.692 bits per heavy atom. The van der Waals surface area contributed by atoms with Gasteiger partial charge in [-0.2, -0.15) is 0 Å². The van der Waals surface area contributed by atoms with Crippen LogP contribution in [0.5, 0.6) is 0 Å². The zero-order valence-electron chi connectivity index (χ0n) is 13.7. The molecule has 0 bridgehead atoms. The molecule has 5 aromatic rings. The van der Waals surface area contributed by atoms with E-state index in [2.05, 4.69) is 18.2 Å². The fourth-order valence-electron chi connectivity index (χ4n) is 3.15. The monoisotopic (exact) mass is 372 g/mol. The maximum absolute atomic E-state index is 6.52. The van der Waals surface area contributed by atoms with Crippen LogP contribution < -0.4 is 0 Å². The Hall–Kier alpha value is -2.75. The van der Waals surface area contributed by atoms with Gasteiger partial charge in [-0.1, -0.05) is 78.3 Å². The third-order valence-corrected chi connectivity index (χ3v) is 5.83. The van der Waals surface area contributed by atoms with E-state index in [1.807, 2.05) is 60.7 Å². The molecule has 0 amide bonds. The van der Waals surface area contributed by atoms with Crippen molar-refractivity contribution in [2.75, 3.05) is 0 Å². The first-order chi connectivity index (χ1) is 12.8. The summed E-state index contributed by atoms with van der Waals surface area (Å²) in [6.07, 6.45) is 0. The maximum Gasteiger partial charge on any atom is 0.160 e. The van der Waals surface area contributed by atoms with Crippen LogP contribution in [0.4, 0.5) is 0 Å². The van der Waals surface area contributed by atoms with E-state index in [0.29, 0.717) is 0 Å². The van der Waals surface area contributed by atoms with Crippen LogP contribution in [0.25, 0.3) is 42.9 Å². The van der Waals surface area contributed by atoms with Crippen molar-refractivity contribution >= 4 is 43.2 Å². The van der Waals surface area contributed by atoms with E-state index in [0.717, 1.165) is 48.0 Å². The van der Waals surface area contributed by atoms with Crippen LogP contribution in [0.15, 0.2) is 78.9 Å². The maximum atomic E-state index is 6.52. The van der Waals surface area contributed by atoms with Crippen LogP contribution >= 0.6 is 22.9 Å². The molecule has 2 aromatic heterocycles. The lowest BCUT2D eigenvalue weighted by atomic mass is 10.1. The van der Waals surface area contributed by atoms with E-state index in [1.165, 1.54) is 0 Å². The summed E-state index contributed by atoms with van der Waals surface area (Å²) in [6.45, 7) is 0. The van der Waals surface area contributed by atoms with Gasteiger partial charge < -0.3 is 0 Å². The summed E-state index contributed by atoms with van der Waals surface area (Å²) in [5, 5.41) is 1.73. The molecule has 0 N–H and O–H groups in total. The molecule has 0 aliphatic carbocycles. The fraction of sp³-hybridized carbons (Fsp3) is 0. The number of aromatic nitrogens is 2. The molecule has 0 fully saturated rings. The Balaban J connectivity index is 1.93. The molecule has 2 nitrogen and oxygen atoms in total. The van der Waals surface area contributed by atoms with Crippen LogP contribution in [-0.4, -0.2) is 9.97 Å². The molecule has 0 saturated carbocycles. The molecule has 0 atom stereocenters. The van der Waals surface area contributed by atoms with Crippen molar-refractivity contribution in [3.63, 3.8) is 0 Å². The number of rotatable bonds is 2. The van der Waals surface area contributed by atoms with Gasteiger partial charge in [-0.3, -0.25) is 0 Å². The highest BCUT2D eigenvalue weighted by Gasteiger charge is 2.17. The minimum Gasteiger partial charge on any atom is -0.226 e. The van der Waals surface area contributed by atoms with Crippen molar-refractivity contribution in [1.29, 1.82) is 0 Å². The van der Waals surface area contributed by atoms with Gasteiger partial charge in [-0.05, 0) is 12.1 Å². The molecule has 26 heavy (non-hydrogen) atoms. The van der Waals surface area contributed by atoms with E-state index in [9.17, 15) is 0 Å². The third kappa shape index (κ3) is 2.48. The van der Waals surface area contributed by atoms with Crippen molar-refractivity contribution in [2.45, 2.75) is 0 Å². The van der Waals surface area contributed by atoms with E-state index < -0.39 is 0 Å². The van der Waals surface area contributed by atoms with E-state index in [4.69, 9.17) is 21.6 Å². The van der Waals surface area contributed by atoms with Crippen molar-refractivity contribution in [3.8, 4) is 22.6 Å². The fourth-order valence-corrected chi connectivity index (χ4v) is 4.65. The highest BCUT2D eigenvalue weighted by atomic mass is 35.5. The van der Waals surface area contributed by atoms with E-state index in [-0.39, 0.29) is 0 Å². The number of fused-ring (bicyclic) bond motifs is 3. The van der Waals surface area contributed by atoms with Crippen LogP contribution in [0, 0.1) is 0 Å². The van der Waals surface area contributed by atoms with Gasteiger partial charge in [-0.25, -0.2) is 9.97 Å². The average Bonchev–Trinajstić information content (AvgIpc) is 3.08. The Morgan fingerprint density at radius 2 is 1.38 bits per heavy atom. The zero-order valence-corrected chi connectivity index (χ0v) is 15.3. The molecule has 124 valence electrons. The number of halogens is 1. The summed E-state index contributed by atoms with van der Waals surface area (Å²) < 4.78 is 2.20. The predicted molar refractivity (Wildman–Crippen MR) is 111 cm³/mol. The molecule has 0 aliphatic rings. The second-order valence-corrected chi connectivity index (χ2v) is 7.48. The van der Waals surface area contributed by atoms with Gasteiger partial charge in [0.2, 0.25) is 0 Å². The number of thiophene rings is 1. The number of nitrogens with zero attached hydrogens (tertiary/aromatic N) is 2. The SMILES string of the molecule is Clc1cccc2sc3c(-c4ccccc4)nc(-c4ccccc4)nc3c12. The molecule has 0 unspecified atom stereocenters. The highest BCUT2D eigenvalue weighted by molar-refractivity contribution is 7.26. The van der Waals surface area contributed by atoms with Crippen LogP contribution in [0.2, 0.25) is 5.02 Å². The Kier molecular flexibility index (Phi) is 3.70. The largest absolute Gasteiger partial charge is 0.226 e. The molecule has 3 aromatic carbocycles. The smallest absolute Gasteiger partial charge is 0.160 e. The topological polar surface area (TPSA) is 25.8 Å². The predicted octanol–water partition coefficient (Wildman–Crippen LogP) is 6.83. The zero-order chi connectivity index (χ0) is 17.5. The minimum absolute atomic E-state index is 0.719. The van der Waals surface area contributed by atoms with Gasteiger partial charge in [0.1, 0.15) is 0 Å². The summed E-state index contributed by atoms with van der Waals surface area (Å²) in [5.74, 6) is 0.719. The van der Waals surface area contributed by atoms with Gasteiger partial charge in [0.05, 0.1) is 20.9 Å². The Labute approximate surface area is 159 Å². The molecule has 0 spiro atoms. The molecule has 0 saturated heterocycles. The lowest BCUT2D eigenvalue weighted by Gasteiger charge is -2.07. The average molecular weight is 373 g/mol. The first-order valence-electron chi connectivity index (χ1n) is 8.31. The second-order valence-electron chi connectivity index (χ2n) is 6.02. The molecule has 4 heteroatoms. The highest BCUT2D eigenvalue weighted by Crippen LogP contribution is 2.41. The number of hydrogen-bond donors (Lipinski definition) is 0. The minimum atomic E-state index is 0.719. The molecule has 0 aliphatic heterocycles. The first kappa shape index (κ1) is 15.5. The Bertz CT molecular complexity index is 1230. The second kappa shape index (κ2) is 6.20. The molecule has 5 rings (SSSR count). The first-order valence-corrected chi connectivity index (χ1v) is 9.50. The molecule has 2 heterocycles. The van der Waals surface area contributed by atoms with Crippen molar-refractivity contribution in [2.24, 2.45) is 0 Å². The standard InChI is InChI=1S/C22H13ClN2S/c23-16-12-7-13-17-18(16)20-21(26-17)19(14-8-3-1-4-9-14)24-22(25-20)15-10-5-2-6-11-15/h1-13H. The summed E-state index contributed by atoms with van der Waals surface area (Å²) in [4.78, 5) is 9.82. The van der Waals surface area contributed by atoms with E-state index in [1.54, 1.807) is 11.3 Å². The molecular weight excluding hydrogens is 360 g/mol.